The third-order valence-corrected chi connectivity index (χ3v) is 3.74. The Hall–Kier alpha value is -1.39. The Morgan fingerprint density at radius 3 is 2.70 bits per heavy atom. The Labute approximate surface area is 120 Å². The van der Waals surface area contributed by atoms with Crippen molar-refractivity contribution in [3.63, 3.8) is 0 Å². The Kier molecular flexibility index (Phi) is 4.78. The van der Waals surface area contributed by atoms with Crippen molar-refractivity contribution in [2.24, 2.45) is 0 Å². The number of hydrogen-bond acceptors (Lipinski definition) is 3. The fourth-order valence-corrected chi connectivity index (χ4v) is 2.57. The van der Waals surface area contributed by atoms with Gasteiger partial charge in [-0.25, -0.2) is 4.98 Å². The van der Waals surface area contributed by atoms with Gasteiger partial charge in [-0.2, -0.15) is 0 Å². The molecule has 0 aliphatic carbocycles. The number of ether oxygens (including phenoxy) is 1. The molecule has 0 aliphatic heterocycles. The molecular formula is C16H24N2O2. The van der Waals surface area contributed by atoms with Gasteiger partial charge in [0.25, 0.3) is 0 Å². The van der Waals surface area contributed by atoms with Crippen LogP contribution in [-0.4, -0.2) is 34.0 Å². The largest absolute Gasteiger partial charge is 0.387 e. The molecule has 1 N–H and O–H groups in total. The summed E-state index contributed by atoms with van der Waals surface area (Å²) in [6.07, 6.45) is 2.21. The number of aromatic nitrogens is 2. The Morgan fingerprint density at radius 1 is 1.30 bits per heavy atom. The molecule has 1 heterocycles. The molecule has 1 aromatic carbocycles. The van der Waals surface area contributed by atoms with E-state index in [0.29, 0.717) is 19.4 Å². The van der Waals surface area contributed by atoms with Crippen molar-refractivity contribution >= 4 is 11.0 Å². The quantitative estimate of drug-likeness (QED) is 0.846. The van der Waals surface area contributed by atoms with Crippen molar-refractivity contribution in [1.82, 2.24) is 9.55 Å². The number of benzene rings is 1. The lowest BCUT2D eigenvalue weighted by Crippen LogP contribution is -2.37. The van der Waals surface area contributed by atoms with Crippen LogP contribution in [0, 0.1) is 0 Å². The molecule has 0 bridgehead atoms. The number of hydrogen-bond donors (Lipinski definition) is 1. The molecule has 0 fully saturated rings. The maximum Gasteiger partial charge on any atom is 0.112 e. The van der Waals surface area contributed by atoms with Gasteiger partial charge in [0.05, 0.1) is 23.2 Å². The lowest BCUT2D eigenvalue weighted by molar-refractivity contribution is -0.0350. The van der Waals surface area contributed by atoms with Crippen molar-refractivity contribution in [1.29, 1.82) is 0 Å². The first kappa shape index (κ1) is 15.0. The predicted molar refractivity (Wildman–Crippen MR) is 80.8 cm³/mol. The molecule has 20 heavy (non-hydrogen) atoms. The summed E-state index contributed by atoms with van der Waals surface area (Å²) in [5.74, 6) is 0.939. The minimum absolute atomic E-state index is 0.332. The Bertz CT molecular complexity index is 565. The van der Waals surface area contributed by atoms with Crippen LogP contribution in [-0.2, 0) is 17.7 Å². The Balaban J connectivity index is 2.39. The van der Waals surface area contributed by atoms with Gasteiger partial charge >= 0.3 is 0 Å². The third-order valence-electron chi connectivity index (χ3n) is 3.74. The maximum absolute atomic E-state index is 10.6. The molecule has 2 rings (SSSR count). The van der Waals surface area contributed by atoms with E-state index in [9.17, 15) is 5.11 Å². The first-order valence-corrected chi connectivity index (χ1v) is 7.29. The zero-order valence-corrected chi connectivity index (χ0v) is 12.6. The van der Waals surface area contributed by atoms with Crippen LogP contribution in [0.5, 0.6) is 0 Å². The van der Waals surface area contributed by atoms with Crippen LogP contribution in [0.15, 0.2) is 24.3 Å². The van der Waals surface area contributed by atoms with Gasteiger partial charge < -0.3 is 14.4 Å². The molecule has 0 saturated heterocycles. The van der Waals surface area contributed by atoms with Crippen LogP contribution in [0.25, 0.3) is 11.0 Å². The summed E-state index contributed by atoms with van der Waals surface area (Å²) < 4.78 is 7.37. The van der Waals surface area contributed by atoms with E-state index in [1.165, 1.54) is 0 Å². The molecule has 0 radical (unpaired) electrons. The van der Waals surface area contributed by atoms with Gasteiger partial charge in [-0.3, -0.25) is 0 Å². The summed E-state index contributed by atoms with van der Waals surface area (Å²) in [5, 5.41) is 10.6. The molecule has 4 heteroatoms. The van der Waals surface area contributed by atoms with Crippen LogP contribution < -0.4 is 0 Å². The molecule has 0 amide bonds. The zero-order valence-electron chi connectivity index (χ0n) is 12.6. The van der Waals surface area contributed by atoms with Crippen molar-refractivity contribution in [3.05, 3.63) is 30.1 Å². The van der Waals surface area contributed by atoms with E-state index in [2.05, 4.69) is 17.6 Å². The number of fused-ring (bicyclic) bond motifs is 1. The van der Waals surface area contributed by atoms with Gasteiger partial charge in [0.15, 0.2) is 0 Å². The molecule has 1 aromatic heterocycles. The first-order valence-electron chi connectivity index (χ1n) is 7.29. The van der Waals surface area contributed by atoms with E-state index >= 15 is 0 Å². The van der Waals surface area contributed by atoms with Gasteiger partial charge in [-0.05, 0) is 25.0 Å². The molecule has 0 spiro atoms. The van der Waals surface area contributed by atoms with Crippen LogP contribution in [0.2, 0.25) is 0 Å². The Morgan fingerprint density at radius 2 is 2.05 bits per heavy atom. The molecule has 0 saturated carbocycles. The monoisotopic (exact) mass is 276 g/mol. The second kappa shape index (κ2) is 6.37. The van der Waals surface area contributed by atoms with E-state index in [-0.39, 0.29) is 0 Å². The fraction of sp³-hybridized carbons (Fsp3) is 0.562. The number of nitrogens with zero attached hydrogens (tertiary/aromatic N) is 2. The number of imidazole rings is 1. The second-order valence-corrected chi connectivity index (χ2v) is 5.36. The maximum atomic E-state index is 10.6. The van der Waals surface area contributed by atoms with Crippen molar-refractivity contribution in [3.8, 4) is 0 Å². The number of aliphatic hydroxyl groups is 1. The molecule has 1 atom stereocenters. The SMILES string of the molecule is CCCn1c(CC(O)(CC)COC)nc2ccccc21. The summed E-state index contributed by atoms with van der Waals surface area (Å²) in [6.45, 7) is 5.38. The zero-order chi connectivity index (χ0) is 14.6. The molecular weight excluding hydrogens is 252 g/mol. The highest BCUT2D eigenvalue weighted by Gasteiger charge is 2.28. The average Bonchev–Trinajstić information content (AvgIpc) is 2.77. The number of methoxy groups -OCH3 is 1. The molecule has 1 unspecified atom stereocenters. The van der Waals surface area contributed by atoms with Crippen LogP contribution in [0.3, 0.4) is 0 Å². The van der Waals surface area contributed by atoms with Crippen LogP contribution >= 0.6 is 0 Å². The summed E-state index contributed by atoms with van der Waals surface area (Å²) in [7, 11) is 1.62. The summed E-state index contributed by atoms with van der Waals surface area (Å²) in [5.41, 5.74) is 1.29. The second-order valence-electron chi connectivity index (χ2n) is 5.36. The van der Waals surface area contributed by atoms with E-state index in [0.717, 1.165) is 29.8 Å². The van der Waals surface area contributed by atoms with E-state index in [1.54, 1.807) is 7.11 Å². The lowest BCUT2D eigenvalue weighted by atomic mass is 9.97. The normalized spacial score (nSPS) is 14.6. The predicted octanol–water partition coefficient (Wildman–Crippen LogP) is 2.78. The van der Waals surface area contributed by atoms with Gasteiger partial charge in [0.2, 0.25) is 0 Å². The molecule has 2 aromatic rings. The highest BCUT2D eigenvalue weighted by atomic mass is 16.5. The van der Waals surface area contributed by atoms with Crippen LogP contribution in [0.1, 0.15) is 32.5 Å². The van der Waals surface area contributed by atoms with Crippen molar-refractivity contribution < 1.29 is 9.84 Å². The van der Waals surface area contributed by atoms with Gasteiger partial charge in [-0.1, -0.05) is 26.0 Å². The summed E-state index contributed by atoms with van der Waals surface area (Å²) in [6, 6.07) is 8.13. The van der Waals surface area contributed by atoms with Crippen molar-refractivity contribution in [2.75, 3.05) is 13.7 Å². The summed E-state index contributed by atoms with van der Waals surface area (Å²) >= 11 is 0. The molecule has 110 valence electrons. The van der Waals surface area contributed by atoms with Gasteiger partial charge in [-0.15, -0.1) is 0 Å². The topological polar surface area (TPSA) is 47.3 Å². The number of aryl methyl sites for hydroxylation is 1. The standard InChI is InChI=1S/C16H24N2O2/c1-4-10-18-14-9-7-6-8-13(14)17-15(18)11-16(19,5-2)12-20-3/h6-9,19H,4-5,10-12H2,1-3H3. The van der Waals surface area contributed by atoms with E-state index in [4.69, 9.17) is 9.72 Å². The average molecular weight is 276 g/mol. The minimum Gasteiger partial charge on any atom is -0.387 e. The highest BCUT2D eigenvalue weighted by Crippen LogP contribution is 2.22. The van der Waals surface area contributed by atoms with Gasteiger partial charge in [0, 0.05) is 20.1 Å². The molecule has 4 nitrogen and oxygen atoms in total. The number of rotatable bonds is 7. The van der Waals surface area contributed by atoms with Gasteiger partial charge in [0.1, 0.15) is 5.82 Å². The minimum atomic E-state index is -0.846. The smallest absolute Gasteiger partial charge is 0.112 e. The molecule has 0 aliphatic rings. The van der Waals surface area contributed by atoms with Crippen molar-refractivity contribution in [2.45, 2.75) is 45.3 Å². The highest BCUT2D eigenvalue weighted by molar-refractivity contribution is 5.75. The summed E-state index contributed by atoms with van der Waals surface area (Å²) in [4.78, 5) is 4.69. The van der Waals surface area contributed by atoms with E-state index in [1.807, 2.05) is 25.1 Å². The number of para-hydroxylation sites is 2. The first-order chi connectivity index (χ1) is 9.63. The third kappa shape index (κ3) is 3.02. The van der Waals surface area contributed by atoms with Crippen LogP contribution in [0.4, 0.5) is 0 Å². The lowest BCUT2D eigenvalue weighted by Gasteiger charge is -2.25. The van der Waals surface area contributed by atoms with E-state index < -0.39 is 5.60 Å². The fourth-order valence-electron chi connectivity index (χ4n) is 2.57.